The van der Waals surface area contributed by atoms with Crippen molar-refractivity contribution in [3.63, 3.8) is 0 Å². The lowest BCUT2D eigenvalue weighted by Gasteiger charge is -2.26. The average molecular weight is 301 g/mol. The maximum absolute atomic E-state index is 12.6. The van der Waals surface area contributed by atoms with E-state index in [0.29, 0.717) is 17.6 Å². The molecule has 5 heteroatoms. The molecule has 0 bridgehead atoms. The van der Waals surface area contributed by atoms with Crippen LogP contribution < -0.4 is 10.1 Å². The van der Waals surface area contributed by atoms with E-state index < -0.39 is 11.7 Å². The Balaban J connectivity index is 2.05. The molecule has 0 saturated carbocycles. The van der Waals surface area contributed by atoms with Crippen molar-refractivity contribution in [1.82, 2.24) is 5.32 Å². The second-order valence-electron chi connectivity index (χ2n) is 6.06. The maximum Gasteiger partial charge on any atom is 0.416 e. The van der Waals surface area contributed by atoms with E-state index in [4.69, 9.17) is 4.74 Å². The van der Waals surface area contributed by atoms with Crippen molar-refractivity contribution in [1.29, 1.82) is 0 Å². The summed E-state index contributed by atoms with van der Waals surface area (Å²) in [7, 11) is 0. The summed E-state index contributed by atoms with van der Waals surface area (Å²) >= 11 is 0. The number of hydrogen-bond acceptors (Lipinski definition) is 2. The van der Waals surface area contributed by atoms with Gasteiger partial charge in [0.05, 0.1) is 5.56 Å². The summed E-state index contributed by atoms with van der Waals surface area (Å²) in [5.41, 5.74) is -0.641. The fraction of sp³-hybridized carbons (Fsp3) is 0.625. The highest BCUT2D eigenvalue weighted by Gasteiger charge is 2.31. The smallest absolute Gasteiger partial charge is 0.416 e. The molecule has 2 nitrogen and oxygen atoms in total. The molecule has 1 aromatic carbocycles. The fourth-order valence-corrected chi connectivity index (χ4v) is 2.69. The molecule has 2 rings (SSSR count). The van der Waals surface area contributed by atoms with Gasteiger partial charge in [0.2, 0.25) is 0 Å². The quantitative estimate of drug-likeness (QED) is 0.883. The van der Waals surface area contributed by atoms with Gasteiger partial charge in [-0.25, -0.2) is 0 Å². The normalized spacial score (nSPS) is 20.8. The summed E-state index contributed by atoms with van der Waals surface area (Å²) in [5, 5.41) is 3.31. The predicted octanol–water partition coefficient (Wildman–Crippen LogP) is 4.11. The maximum atomic E-state index is 12.6. The first-order valence-corrected chi connectivity index (χ1v) is 7.41. The van der Waals surface area contributed by atoms with Crippen LogP contribution in [0.4, 0.5) is 13.2 Å². The monoisotopic (exact) mass is 301 g/mol. The lowest BCUT2D eigenvalue weighted by Crippen LogP contribution is -2.30. The molecule has 0 aromatic heterocycles. The zero-order valence-electron chi connectivity index (χ0n) is 12.4. The van der Waals surface area contributed by atoms with Crippen molar-refractivity contribution in [2.75, 3.05) is 13.1 Å². The SMILES string of the molecule is CC(C)C[C@H](Oc1ccc(C(F)(F)F)cc1)[C@H]1CCNC1. The first-order valence-electron chi connectivity index (χ1n) is 7.41. The van der Waals surface area contributed by atoms with E-state index in [1.54, 1.807) is 0 Å². The second kappa shape index (κ2) is 6.69. The van der Waals surface area contributed by atoms with Gasteiger partial charge < -0.3 is 10.1 Å². The number of ether oxygens (including phenoxy) is 1. The number of halogens is 3. The standard InChI is InChI=1S/C16H22F3NO/c1-11(2)9-15(12-7-8-20-10-12)21-14-5-3-13(4-6-14)16(17,18)19/h3-6,11-12,15,20H,7-10H2,1-2H3/t12-,15-/m0/s1. The Morgan fingerprint density at radius 1 is 1.24 bits per heavy atom. The molecule has 21 heavy (non-hydrogen) atoms. The lowest BCUT2D eigenvalue weighted by molar-refractivity contribution is -0.137. The van der Waals surface area contributed by atoms with Gasteiger partial charge in [-0.3, -0.25) is 0 Å². The van der Waals surface area contributed by atoms with E-state index in [1.165, 1.54) is 12.1 Å². The van der Waals surface area contributed by atoms with Gasteiger partial charge in [-0.1, -0.05) is 13.8 Å². The largest absolute Gasteiger partial charge is 0.490 e. The Morgan fingerprint density at radius 2 is 1.90 bits per heavy atom. The molecule has 1 aliphatic rings. The number of rotatable bonds is 5. The Bertz CT molecular complexity index is 436. The Labute approximate surface area is 123 Å². The highest BCUT2D eigenvalue weighted by molar-refractivity contribution is 5.29. The van der Waals surface area contributed by atoms with Crippen LogP contribution in [0.5, 0.6) is 5.75 Å². The van der Waals surface area contributed by atoms with Crippen molar-refractivity contribution in [3.05, 3.63) is 29.8 Å². The molecule has 0 aliphatic carbocycles. The second-order valence-corrected chi connectivity index (χ2v) is 6.06. The number of alkyl halides is 3. The fourth-order valence-electron chi connectivity index (χ4n) is 2.69. The van der Waals surface area contributed by atoms with Crippen LogP contribution in [-0.4, -0.2) is 19.2 Å². The molecule has 0 unspecified atom stereocenters. The van der Waals surface area contributed by atoms with Crippen LogP contribution in [0.1, 0.15) is 32.3 Å². The van der Waals surface area contributed by atoms with Crippen molar-refractivity contribution in [2.45, 2.75) is 39.0 Å². The topological polar surface area (TPSA) is 21.3 Å². The third kappa shape index (κ3) is 4.63. The zero-order valence-corrected chi connectivity index (χ0v) is 12.4. The minimum absolute atomic E-state index is 0.0525. The van der Waals surface area contributed by atoms with Crippen LogP contribution in [0, 0.1) is 11.8 Å². The average Bonchev–Trinajstić information content (AvgIpc) is 2.90. The third-order valence-electron chi connectivity index (χ3n) is 3.80. The van der Waals surface area contributed by atoms with Gasteiger partial charge in [0, 0.05) is 12.5 Å². The predicted molar refractivity (Wildman–Crippen MR) is 76.3 cm³/mol. The number of nitrogens with one attached hydrogen (secondary N) is 1. The van der Waals surface area contributed by atoms with Crippen molar-refractivity contribution < 1.29 is 17.9 Å². The molecule has 1 fully saturated rings. The molecule has 1 aromatic rings. The van der Waals surface area contributed by atoms with Gasteiger partial charge >= 0.3 is 6.18 Å². The molecule has 118 valence electrons. The van der Waals surface area contributed by atoms with Gasteiger partial charge in [-0.2, -0.15) is 13.2 Å². The summed E-state index contributed by atoms with van der Waals surface area (Å²) in [6, 6.07) is 4.99. The summed E-state index contributed by atoms with van der Waals surface area (Å²) in [5.74, 6) is 1.43. The minimum Gasteiger partial charge on any atom is -0.490 e. The molecule has 1 heterocycles. The van der Waals surface area contributed by atoms with Crippen LogP contribution in [0.25, 0.3) is 0 Å². The molecule has 0 amide bonds. The molecule has 1 aliphatic heterocycles. The lowest BCUT2D eigenvalue weighted by atomic mass is 9.93. The van der Waals surface area contributed by atoms with Crippen molar-refractivity contribution in [2.24, 2.45) is 11.8 Å². The summed E-state index contributed by atoms with van der Waals surface area (Å²) < 4.78 is 43.6. The Hall–Kier alpha value is -1.23. The van der Waals surface area contributed by atoms with Crippen LogP contribution in [0.3, 0.4) is 0 Å². The van der Waals surface area contributed by atoms with Gasteiger partial charge in [0.25, 0.3) is 0 Å². The van der Waals surface area contributed by atoms with E-state index in [1.807, 2.05) is 0 Å². The highest BCUT2D eigenvalue weighted by Crippen LogP contribution is 2.31. The van der Waals surface area contributed by atoms with Crippen molar-refractivity contribution >= 4 is 0 Å². The molecular formula is C16H22F3NO. The first kappa shape index (κ1) is 16.1. The Morgan fingerprint density at radius 3 is 2.38 bits per heavy atom. The molecule has 0 radical (unpaired) electrons. The third-order valence-corrected chi connectivity index (χ3v) is 3.80. The van der Waals surface area contributed by atoms with Crippen LogP contribution in [0.15, 0.2) is 24.3 Å². The van der Waals surface area contributed by atoms with Gasteiger partial charge in [-0.05, 0) is 49.6 Å². The van der Waals surface area contributed by atoms with Crippen LogP contribution in [0.2, 0.25) is 0 Å². The molecule has 1 saturated heterocycles. The van der Waals surface area contributed by atoms with E-state index >= 15 is 0 Å². The van der Waals surface area contributed by atoms with E-state index in [-0.39, 0.29) is 6.10 Å². The molecule has 1 N–H and O–H groups in total. The summed E-state index contributed by atoms with van der Waals surface area (Å²) in [4.78, 5) is 0. The summed E-state index contributed by atoms with van der Waals surface area (Å²) in [6.07, 6.45) is -2.28. The Kier molecular flexibility index (Phi) is 5.14. The minimum atomic E-state index is -4.30. The summed E-state index contributed by atoms with van der Waals surface area (Å²) in [6.45, 7) is 6.16. The first-order chi connectivity index (χ1) is 9.86. The van der Waals surface area contributed by atoms with Gasteiger partial charge in [0.15, 0.2) is 0 Å². The number of hydrogen-bond donors (Lipinski definition) is 1. The van der Waals surface area contributed by atoms with E-state index in [0.717, 1.165) is 38.1 Å². The number of benzene rings is 1. The van der Waals surface area contributed by atoms with Gasteiger partial charge in [0.1, 0.15) is 11.9 Å². The highest BCUT2D eigenvalue weighted by atomic mass is 19.4. The van der Waals surface area contributed by atoms with Crippen LogP contribution in [-0.2, 0) is 6.18 Å². The van der Waals surface area contributed by atoms with E-state index in [9.17, 15) is 13.2 Å². The van der Waals surface area contributed by atoms with Crippen LogP contribution >= 0.6 is 0 Å². The zero-order chi connectivity index (χ0) is 15.5. The van der Waals surface area contributed by atoms with E-state index in [2.05, 4.69) is 19.2 Å². The van der Waals surface area contributed by atoms with Gasteiger partial charge in [-0.15, -0.1) is 0 Å². The molecule has 0 spiro atoms. The molecule has 2 atom stereocenters. The molecular weight excluding hydrogens is 279 g/mol. The van der Waals surface area contributed by atoms with Crippen molar-refractivity contribution in [3.8, 4) is 5.75 Å².